The van der Waals surface area contributed by atoms with Gasteiger partial charge in [0.05, 0.1) is 23.0 Å². The van der Waals surface area contributed by atoms with E-state index < -0.39 is 5.97 Å². The molecule has 0 saturated heterocycles. The molecule has 2 aromatic heterocycles. The van der Waals surface area contributed by atoms with Gasteiger partial charge in [0.2, 0.25) is 0 Å². The van der Waals surface area contributed by atoms with Crippen molar-refractivity contribution in [3.8, 4) is 5.69 Å². The van der Waals surface area contributed by atoms with E-state index in [1.54, 1.807) is 59.4 Å². The van der Waals surface area contributed by atoms with Gasteiger partial charge in [-0.1, -0.05) is 6.07 Å². The molecule has 2 heterocycles. The summed E-state index contributed by atoms with van der Waals surface area (Å²) in [5.41, 5.74) is 4.40. The van der Waals surface area contributed by atoms with Crippen LogP contribution in [0.15, 0.2) is 72.2 Å². The van der Waals surface area contributed by atoms with E-state index in [2.05, 4.69) is 15.5 Å². The minimum absolute atomic E-state index is 0.193. The highest BCUT2D eigenvalue weighted by Crippen LogP contribution is 2.13. The highest BCUT2D eigenvalue weighted by molar-refractivity contribution is 5.94. The van der Waals surface area contributed by atoms with Crippen LogP contribution in [0.3, 0.4) is 0 Å². The third kappa shape index (κ3) is 3.78. The molecule has 7 nitrogen and oxygen atoms in total. The summed E-state index contributed by atoms with van der Waals surface area (Å²) < 4.78 is 1.77. The van der Waals surface area contributed by atoms with Gasteiger partial charge in [-0.3, -0.25) is 9.78 Å². The Labute approximate surface area is 143 Å². The number of hydrogen-bond acceptors (Lipinski definition) is 4. The van der Waals surface area contributed by atoms with E-state index in [9.17, 15) is 9.59 Å². The van der Waals surface area contributed by atoms with E-state index in [1.165, 1.54) is 18.5 Å². The van der Waals surface area contributed by atoms with Gasteiger partial charge in [0, 0.05) is 24.3 Å². The molecule has 1 aromatic carbocycles. The first kappa shape index (κ1) is 16.1. The minimum Gasteiger partial charge on any atom is -0.478 e. The van der Waals surface area contributed by atoms with Crippen LogP contribution in [0, 0.1) is 0 Å². The Morgan fingerprint density at radius 2 is 1.96 bits per heavy atom. The van der Waals surface area contributed by atoms with E-state index in [-0.39, 0.29) is 11.5 Å². The highest BCUT2D eigenvalue weighted by atomic mass is 16.4. The zero-order valence-electron chi connectivity index (χ0n) is 13.0. The predicted molar refractivity (Wildman–Crippen MR) is 92.0 cm³/mol. The molecule has 3 aromatic rings. The predicted octanol–water partition coefficient (Wildman–Crippen LogP) is 2.33. The van der Waals surface area contributed by atoms with Crippen LogP contribution in [0.2, 0.25) is 0 Å². The van der Waals surface area contributed by atoms with Crippen LogP contribution in [0.1, 0.15) is 26.4 Å². The summed E-state index contributed by atoms with van der Waals surface area (Å²) in [6.45, 7) is 0. The lowest BCUT2D eigenvalue weighted by Crippen LogP contribution is -2.17. The molecule has 0 aliphatic carbocycles. The number of amides is 1. The molecule has 7 heteroatoms. The topological polar surface area (TPSA) is 96.6 Å². The van der Waals surface area contributed by atoms with Crippen molar-refractivity contribution < 1.29 is 14.7 Å². The molecule has 0 radical (unpaired) electrons. The summed E-state index contributed by atoms with van der Waals surface area (Å²) in [6, 6.07) is 13.5. The molecule has 0 aliphatic heterocycles. The number of carbonyl (C=O) groups is 2. The first-order chi connectivity index (χ1) is 12.1. The minimum atomic E-state index is -0.993. The first-order valence-corrected chi connectivity index (χ1v) is 7.39. The molecule has 0 saturated carbocycles. The lowest BCUT2D eigenvalue weighted by molar-refractivity contribution is 0.0696. The van der Waals surface area contributed by atoms with E-state index in [0.717, 1.165) is 0 Å². The molecular formula is C18H14N4O3. The van der Waals surface area contributed by atoms with Gasteiger partial charge >= 0.3 is 5.97 Å². The Bertz CT molecular complexity index is 932. The molecule has 0 aliphatic rings. The van der Waals surface area contributed by atoms with Crippen LogP contribution >= 0.6 is 0 Å². The average Bonchev–Trinajstić information content (AvgIpc) is 3.11. The van der Waals surface area contributed by atoms with Gasteiger partial charge in [-0.15, -0.1) is 0 Å². The van der Waals surface area contributed by atoms with Crippen LogP contribution < -0.4 is 5.43 Å². The number of carboxylic acids is 1. The molecule has 25 heavy (non-hydrogen) atoms. The van der Waals surface area contributed by atoms with Crippen LogP contribution in [-0.4, -0.2) is 32.7 Å². The summed E-state index contributed by atoms with van der Waals surface area (Å²) in [6.07, 6.45) is 6.30. The summed E-state index contributed by atoms with van der Waals surface area (Å²) in [5.74, 6) is -1.36. The molecule has 0 spiro atoms. The van der Waals surface area contributed by atoms with Crippen molar-refractivity contribution in [2.75, 3.05) is 0 Å². The number of hydrazone groups is 1. The smallest absolute Gasteiger partial charge is 0.335 e. The molecule has 1 amide bonds. The maximum Gasteiger partial charge on any atom is 0.335 e. The quantitative estimate of drug-likeness (QED) is 0.553. The molecule has 0 fully saturated rings. The Morgan fingerprint density at radius 1 is 1.12 bits per heavy atom. The average molecular weight is 334 g/mol. The zero-order chi connectivity index (χ0) is 17.6. The van der Waals surface area contributed by atoms with Gasteiger partial charge in [-0.25, -0.2) is 10.2 Å². The normalized spacial score (nSPS) is 10.7. The van der Waals surface area contributed by atoms with Gasteiger partial charge in [-0.05, 0) is 42.5 Å². The standard InChI is InChI=1S/C18H14N4O3/c23-17(14-5-2-8-19-11-14)21-20-12-16-7-3-9-22(16)15-6-1-4-13(10-15)18(24)25/h1-12H,(H,21,23)(H,24,25)/b20-12-. The molecule has 2 N–H and O–H groups in total. The Balaban J connectivity index is 1.77. The monoisotopic (exact) mass is 334 g/mol. The summed E-state index contributed by atoms with van der Waals surface area (Å²) >= 11 is 0. The van der Waals surface area contributed by atoms with Gasteiger partial charge in [0.15, 0.2) is 0 Å². The molecule has 124 valence electrons. The maximum absolute atomic E-state index is 11.9. The Hall–Kier alpha value is -3.74. The van der Waals surface area contributed by atoms with E-state index in [0.29, 0.717) is 16.9 Å². The van der Waals surface area contributed by atoms with Crippen molar-refractivity contribution in [1.82, 2.24) is 15.0 Å². The zero-order valence-corrected chi connectivity index (χ0v) is 13.0. The van der Waals surface area contributed by atoms with Crippen LogP contribution in [0.5, 0.6) is 0 Å². The second-order valence-electron chi connectivity index (χ2n) is 5.10. The lowest BCUT2D eigenvalue weighted by atomic mass is 10.2. The fourth-order valence-electron chi connectivity index (χ4n) is 2.24. The van der Waals surface area contributed by atoms with Gasteiger partial charge < -0.3 is 9.67 Å². The second-order valence-corrected chi connectivity index (χ2v) is 5.10. The fourth-order valence-corrected chi connectivity index (χ4v) is 2.24. The van der Waals surface area contributed by atoms with Gasteiger partial charge in [0.25, 0.3) is 5.91 Å². The van der Waals surface area contributed by atoms with E-state index in [1.807, 2.05) is 0 Å². The Kier molecular flexibility index (Phi) is 4.66. The lowest BCUT2D eigenvalue weighted by Gasteiger charge is -2.07. The number of aromatic nitrogens is 2. The summed E-state index contributed by atoms with van der Waals surface area (Å²) in [7, 11) is 0. The number of carbonyl (C=O) groups excluding carboxylic acids is 1. The number of rotatable bonds is 5. The third-order valence-electron chi connectivity index (χ3n) is 3.44. The largest absolute Gasteiger partial charge is 0.478 e. The van der Waals surface area contributed by atoms with Crippen LogP contribution in [0.25, 0.3) is 5.69 Å². The number of pyridine rings is 1. The number of nitrogens with zero attached hydrogens (tertiary/aromatic N) is 3. The summed E-state index contributed by atoms with van der Waals surface area (Å²) in [4.78, 5) is 26.9. The molecule has 0 bridgehead atoms. The molecule has 0 unspecified atom stereocenters. The van der Waals surface area contributed by atoms with Crippen molar-refractivity contribution in [1.29, 1.82) is 0 Å². The second kappa shape index (κ2) is 7.22. The first-order valence-electron chi connectivity index (χ1n) is 7.39. The number of hydrogen-bond donors (Lipinski definition) is 2. The highest BCUT2D eigenvalue weighted by Gasteiger charge is 2.07. The van der Waals surface area contributed by atoms with Gasteiger partial charge in [0.1, 0.15) is 0 Å². The van der Waals surface area contributed by atoms with Gasteiger partial charge in [-0.2, -0.15) is 5.10 Å². The molecule has 3 rings (SSSR count). The summed E-state index contributed by atoms with van der Waals surface area (Å²) in [5, 5.41) is 13.0. The third-order valence-corrected chi connectivity index (χ3v) is 3.44. The van der Waals surface area contributed by atoms with Crippen molar-refractivity contribution in [3.63, 3.8) is 0 Å². The van der Waals surface area contributed by atoms with E-state index >= 15 is 0 Å². The van der Waals surface area contributed by atoms with Crippen LogP contribution in [0.4, 0.5) is 0 Å². The number of benzene rings is 1. The number of nitrogens with one attached hydrogen (secondary N) is 1. The van der Waals surface area contributed by atoms with Crippen LogP contribution in [-0.2, 0) is 0 Å². The molecule has 0 atom stereocenters. The maximum atomic E-state index is 11.9. The fraction of sp³-hybridized carbons (Fsp3) is 0. The van der Waals surface area contributed by atoms with Crippen molar-refractivity contribution in [2.45, 2.75) is 0 Å². The number of aromatic carboxylic acids is 1. The van der Waals surface area contributed by atoms with E-state index in [4.69, 9.17) is 5.11 Å². The molecular weight excluding hydrogens is 320 g/mol. The van der Waals surface area contributed by atoms with Crippen molar-refractivity contribution in [2.24, 2.45) is 5.10 Å². The van der Waals surface area contributed by atoms with Crippen molar-refractivity contribution in [3.05, 3.63) is 83.9 Å². The Morgan fingerprint density at radius 3 is 2.72 bits per heavy atom. The SMILES string of the molecule is O=C(O)c1cccc(-n2cccc2/C=N\NC(=O)c2cccnc2)c1. The van der Waals surface area contributed by atoms with Crippen molar-refractivity contribution >= 4 is 18.1 Å². The number of carboxylic acid groups (broad SMARTS) is 1.